The van der Waals surface area contributed by atoms with E-state index in [1.54, 1.807) is 0 Å². The molecule has 2 rings (SSSR count). The monoisotopic (exact) mass is 222 g/mol. The third kappa shape index (κ3) is 4.57. The van der Waals surface area contributed by atoms with Gasteiger partial charge in [-0.1, -0.05) is 58.0 Å². The molecule has 0 fully saturated rings. The summed E-state index contributed by atoms with van der Waals surface area (Å²) in [6.07, 6.45) is 1.07. The summed E-state index contributed by atoms with van der Waals surface area (Å²) < 4.78 is 0. The molecule has 0 aromatic heterocycles. The van der Waals surface area contributed by atoms with Crippen molar-refractivity contribution in [3.63, 3.8) is 0 Å². The molecule has 0 amide bonds. The molecule has 0 aliphatic carbocycles. The topological polar surface area (TPSA) is 0 Å². The second kappa shape index (κ2) is 8.60. The van der Waals surface area contributed by atoms with Gasteiger partial charge in [-0.15, -0.1) is 11.8 Å². The zero-order valence-corrected chi connectivity index (χ0v) is 11.2. The summed E-state index contributed by atoms with van der Waals surface area (Å²) in [5.74, 6) is 1.09. The van der Waals surface area contributed by atoms with Crippen molar-refractivity contribution in [3.8, 4) is 0 Å². The molecule has 1 aliphatic heterocycles. The fourth-order valence-corrected chi connectivity index (χ4v) is 2.25. The van der Waals surface area contributed by atoms with Crippen LogP contribution in [0.4, 0.5) is 0 Å². The summed E-state index contributed by atoms with van der Waals surface area (Å²) in [6.45, 7) is 12.0. The molecule has 0 atom stereocenters. The van der Waals surface area contributed by atoms with Crippen LogP contribution in [0.5, 0.6) is 0 Å². The van der Waals surface area contributed by atoms with Crippen molar-refractivity contribution < 1.29 is 0 Å². The Bertz CT molecular complexity index is 289. The van der Waals surface area contributed by atoms with Crippen LogP contribution in [0.3, 0.4) is 0 Å². The standard InChI is InChI=1S/C10H10S.2C2H6/c1-8-6-9-4-2-3-5-10(9)11-7-8;2*1-2/h2-5H,1,6-7H2;2*1-2H3. The lowest BCUT2D eigenvalue weighted by Gasteiger charge is -2.16. The van der Waals surface area contributed by atoms with Crippen molar-refractivity contribution in [3.05, 3.63) is 42.0 Å². The van der Waals surface area contributed by atoms with Gasteiger partial charge in [-0.3, -0.25) is 0 Å². The molecule has 0 bridgehead atoms. The molecule has 0 unspecified atom stereocenters. The first-order valence-corrected chi connectivity index (χ1v) is 6.72. The minimum Gasteiger partial charge on any atom is -0.121 e. The quantitative estimate of drug-likeness (QED) is 0.560. The summed E-state index contributed by atoms with van der Waals surface area (Å²) in [5.41, 5.74) is 2.78. The van der Waals surface area contributed by atoms with Gasteiger partial charge in [-0.2, -0.15) is 0 Å². The van der Waals surface area contributed by atoms with Gasteiger partial charge >= 0.3 is 0 Å². The molecule has 1 aromatic rings. The fourth-order valence-electron chi connectivity index (χ4n) is 1.29. The molecule has 84 valence electrons. The van der Waals surface area contributed by atoms with E-state index in [4.69, 9.17) is 0 Å². The minimum atomic E-state index is 1.07. The van der Waals surface area contributed by atoms with Crippen LogP contribution in [0.1, 0.15) is 33.3 Å². The van der Waals surface area contributed by atoms with Crippen LogP contribution in [-0.4, -0.2) is 5.75 Å². The average Bonchev–Trinajstić information content (AvgIpc) is 2.34. The SMILES string of the molecule is C=C1CSc2ccccc2C1.CC.CC. The van der Waals surface area contributed by atoms with Crippen molar-refractivity contribution in [2.75, 3.05) is 5.75 Å². The first-order chi connectivity index (χ1) is 7.36. The third-order valence-electron chi connectivity index (χ3n) is 1.84. The van der Waals surface area contributed by atoms with Gasteiger partial charge in [0.25, 0.3) is 0 Å². The van der Waals surface area contributed by atoms with Crippen LogP contribution < -0.4 is 0 Å². The van der Waals surface area contributed by atoms with Gasteiger partial charge < -0.3 is 0 Å². The average molecular weight is 222 g/mol. The Morgan fingerprint density at radius 1 is 1.07 bits per heavy atom. The maximum Gasteiger partial charge on any atom is 0.0191 e. The lowest BCUT2D eigenvalue weighted by Crippen LogP contribution is -2.00. The van der Waals surface area contributed by atoms with Crippen LogP contribution in [0.15, 0.2) is 41.3 Å². The smallest absolute Gasteiger partial charge is 0.0191 e. The number of fused-ring (bicyclic) bond motifs is 1. The minimum absolute atomic E-state index is 1.07. The van der Waals surface area contributed by atoms with Gasteiger partial charge in [0, 0.05) is 10.6 Å². The molecule has 0 saturated carbocycles. The predicted molar refractivity (Wildman–Crippen MR) is 72.7 cm³/mol. The van der Waals surface area contributed by atoms with Gasteiger partial charge in [-0.25, -0.2) is 0 Å². The van der Waals surface area contributed by atoms with E-state index in [-0.39, 0.29) is 0 Å². The molecular formula is C14H22S. The Hall–Kier alpha value is -0.690. The Labute approximate surface area is 98.8 Å². The van der Waals surface area contributed by atoms with Crippen LogP contribution >= 0.6 is 11.8 Å². The number of thioether (sulfide) groups is 1. The second-order valence-corrected chi connectivity index (χ2v) is 3.84. The maximum atomic E-state index is 3.99. The molecule has 1 heterocycles. The Balaban J connectivity index is 0.000000442. The van der Waals surface area contributed by atoms with Crippen molar-refractivity contribution in [1.29, 1.82) is 0 Å². The lowest BCUT2D eigenvalue weighted by atomic mass is 10.1. The summed E-state index contributed by atoms with van der Waals surface area (Å²) in [6, 6.07) is 8.57. The van der Waals surface area contributed by atoms with E-state index in [1.807, 2.05) is 39.5 Å². The third-order valence-corrected chi connectivity index (χ3v) is 3.11. The molecule has 0 nitrogen and oxygen atoms in total. The van der Waals surface area contributed by atoms with Gasteiger partial charge in [0.1, 0.15) is 0 Å². The van der Waals surface area contributed by atoms with E-state index in [1.165, 1.54) is 16.0 Å². The van der Waals surface area contributed by atoms with Crippen molar-refractivity contribution >= 4 is 11.8 Å². The van der Waals surface area contributed by atoms with Gasteiger partial charge in [-0.05, 0) is 18.1 Å². The highest BCUT2D eigenvalue weighted by molar-refractivity contribution is 7.99. The predicted octanol–water partition coefficient (Wildman–Crippen LogP) is 4.94. The Morgan fingerprint density at radius 3 is 2.33 bits per heavy atom. The molecule has 1 aliphatic rings. The van der Waals surface area contributed by atoms with Crippen LogP contribution in [0.2, 0.25) is 0 Å². The first-order valence-electron chi connectivity index (χ1n) is 5.73. The van der Waals surface area contributed by atoms with Gasteiger partial charge in [0.2, 0.25) is 0 Å². The van der Waals surface area contributed by atoms with Gasteiger partial charge in [0.15, 0.2) is 0 Å². The largest absolute Gasteiger partial charge is 0.121 e. The molecule has 15 heavy (non-hydrogen) atoms. The number of benzene rings is 1. The van der Waals surface area contributed by atoms with E-state index in [2.05, 4.69) is 30.8 Å². The molecule has 0 spiro atoms. The maximum absolute atomic E-state index is 3.99. The van der Waals surface area contributed by atoms with Gasteiger partial charge in [0.05, 0.1) is 0 Å². The Morgan fingerprint density at radius 2 is 1.67 bits per heavy atom. The zero-order chi connectivity index (χ0) is 11.7. The molecule has 1 heteroatoms. The van der Waals surface area contributed by atoms with E-state index in [0.717, 1.165) is 12.2 Å². The highest BCUT2D eigenvalue weighted by Crippen LogP contribution is 2.31. The summed E-state index contributed by atoms with van der Waals surface area (Å²) >= 11 is 1.90. The molecule has 0 N–H and O–H groups in total. The normalized spacial score (nSPS) is 12.7. The van der Waals surface area contributed by atoms with Crippen molar-refractivity contribution in [2.24, 2.45) is 0 Å². The van der Waals surface area contributed by atoms with E-state index >= 15 is 0 Å². The van der Waals surface area contributed by atoms with E-state index < -0.39 is 0 Å². The molecule has 0 saturated heterocycles. The lowest BCUT2D eigenvalue weighted by molar-refractivity contribution is 1.08. The summed E-state index contributed by atoms with van der Waals surface area (Å²) in [4.78, 5) is 1.43. The summed E-state index contributed by atoms with van der Waals surface area (Å²) in [5, 5.41) is 0. The van der Waals surface area contributed by atoms with Crippen LogP contribution in [0, 0.1) is 0 Å². The second-order valence-electron chi connectivity index (χ2n) is 2.82. The first kappa shape index (κ1) is 14.3. The van der Waals surface area contributed by atoms with Crippen LogP contribution in [-0.2, 0) is 6.42 Å². The number of hydrogen-bond acceptors (Lipinski definition) is 1. The zero-order valence-electron chi connectivity index (χ0n) is 10.3. The number of hydrogen-bond donors (Lipinski definition) is 0. The molecular weight excluding hydrogens is 200 g/mol. The van der Waals surface area contributed by atoms with Crippen molar-refractivity contribution in [1.82, 2.24) is 0 Å². The highest BCUT2D eigenvalue weighted by Gasteiger charge is 2.09. The van der Waals surface area contributed by atoms with Crippen LogP contribution in [0.25, 0.3) is 0 Å². The summed E-state index contributed by atoms with van der Waals surface area (Å²) in [7, 11) is 0. The Kier molecular flexibility index (Phi) is 8.21. The molecule has 0 radical (unpaired) electrons. The van der Waals surface area contributed by atoms with Crippen molar-refractivity contribution in [2.45, 2.75) is 39.0 Å². The van der Waals surface area contributed by atoms with E-state index in [9.17, 15) is 0 Å². The fraction of sp³-hybridized carbons (Fsp3) is 0.429. The van der Waals surface area contributed by atoms with E-state index in [0.29, 0.717) is 0 Å². The molecule has 1 aromatic carbocycles. The highest BCUT2D eigenvalue weighted by atomic mass is 32.2. The number of rotatable bonds is 0.